The first kappa shape index (κ1) is 28.1. The molecule has 1 aromatic carbocycles. The predicted octanol–water partition coefficient (Wildman–Crippen LogP) is 0.986. The third-order valence-electron chi connectivity index (χ3n) is 5.17. The van der Waals surface area contributed by atoms with Crippen molar-refractivity contribution in [2.45, 2.75) is 37.2 Å². The fourth-order valence-electron chi connectivity index (χ4n) is 3.54. The number of nitrogens with zero attached hydrogens (tertiary/aromatic N) is 2. The molecule has 0 radical (unpaired) electrons. The summed E-state index contributed by atoms with van der Waals surface area (Å²) in [4.78, 5) is 39.2. The number of hydrogen-bond donors (Lipinski definition) is 4. The number of carboxylic acid groups (broad SMARTS) is 1. The zero-order chi connectivity index (χ0) is 25.6. The monoisotopic (exact) mass is 538 g/mol. The van der Waals surface area contributed by atoms with Crippen LogP contribution in [0.5, 0.6) is 0 Å². The molecule has 1 aliphatic heterocycles. The van der Waals surface area contributed by atoms with Crippen LogP contribution >= 0.6 is 23.2 Å². The van der Waals surface area contributed by atoms with Gasteiger partial charge in [0, 0.05) is 31.2 Å². The minimum absolute atomic E-state index is 0.0798. The number of halogens is 2. The number of sulfonamides is 1. The summed E-state index contributed by atoms with van der Waals surface area (Å²) in [7, 11) is -4.24. The van der Waals surface area contributed by atoms with Crippen LogP contribution in [0.3, 0.4) is 0 Å². The topological polar surface area (TPSA) is 156 Å². The quantitative estimate of drug-likeness (QED) is 0.365. The Kier molecular flexibility index (Phi) is 9.95. The van der Waals surface area contributed by atoms with Crippen LogP contribution in [0.4, 0.5) is 4.79 Å². The molecule has 34 heavy (non-hydrogen) atoms. The number of benzene rings is 1. The number of carbonyl (C=O) groups is 3. The van der Waals surface area contributed by atoms with E-state index in [1.807, 2.05) is 13.8 Å². The zero-order valence-corrected chi connectivity index (χ0v) is 21.0. The van der Waals surface area contributed by atoms with E-state index in [1.54, 1.807) is 0 Å². The van der Waals surface area contributed by atoms with E-state index in [9.17, 15) is 27.9 Å². The van der Waals surface area contributed by atoms with Crippen molar-refractivity contribution in [3.05, 3.63) is 28.2 Å². The molecule has 0 bridgehead atoms. The summed E-state index contributed by atoms with van der Waals surface area (Å²) in [6.07, 6.45) is -0.974. The van der Waals surface area contributed by atoms with Gasteiger partial charge in [0.1, 0.15) is 17.0 Å². The second kappa shape index (κ2) is 12.0. The number of aliphatic hydroxyl groups excluding tert-OH is 1. The maximum absolute atomic E-state index is 12.9. The lowest BCUT2D eigenvalue weighted by Crippen LogP contribution is -2.59. The van der Waals surface area contributed by atoms with Crippen LogP contribution in [-0.4, -0.2) is 91.2 Å². The number of piperazine rings is 1. The van der Waals surface area contributed by atoms with Crippen molar-refractivity contribution in [2.24, 2.45) is 5.92 Å². The Balaban J connectivity index is 2.04. The Morgan fingerprint density at radius 1 is 1.03 bits per heavy atom. The van der Waals surface area contributed by atoms with Gasteiger partial charge in [-0.3, -0.25) is 9.59 Å². The highest BCUT2D eigenvalue weighted by molar-refractivity contribution is 7.89. The summed E-state index contributed by atoms with van der Waals surface area (Å²) in [6, 6.07) is 1.41. The lowest BCUT2D eigenvalue weighted by atomic mass is 10.0. The lowest BCUT2D eigenvalue weighted by molar-refractivity contribution is -0.142. The molecule has 0 spiro atoms. The predicted molar refractivity (Wildman–Crippen MR) is 125 cm³/mol. The normalized spacial score (nSPS) is 16.3. The minimum atomic E-state index is -4.24. The van der Waals surface area contributed by atoms with Gasteiger partial charge in [-0.05, 0) is 30.5 Å². The van der Waals surface area contributed by atoms with E-state index in [1.165, 1.54) is 28.0 Å². The van der Waals surface area contributed by atoms with Crippen LogP contribution in [0.25, 0.3) is 0 Å². The SMILES string of the molecule is CC(C)C[C@H](NC(=O)O)C(=O)N1CCN(C(=O)[C@H](CO)NS(=O)(=O)c2ccc(Cl)cc2Cl)CC1. The van der Waals surface area contributed by atoms with Gasteiger partial charge in [-0.15, -0.1) is 0 Å². The highest BCUT2D eigenvalue weighted by Crippen LogP contribution is 2.25. The smallest absolute Gasteiger partial charge is 0.405 e. The molecule has 1 saturated heterocycles. The van der Waals surface area contributed by atoms with Crippen molar-refractivity contribution in [3.8, 4) is 0 Å². The molecule has 190 valence electrons. The fraction of sp³-hybridized carbons (Fsp3) is 0.550. The average Bonchev–Trinajstić information content (AvgIpc) is 2.75. The van der Waals surface area contributed by atoms with Gasteiger partial charge in [0.05, 0.1) is 11.6 Å². The van der Waals surface area contributed by atoms with Crippen LogP contribution in [0.2, 0.25) is 10.0 Å². The van der Waals surface area contributed by atoms with Gasteiger partial charge in [-0.1, -0.05) is 37.0 Å². The molecule has 11 nitrogen and oxygen atoms in total. The molecule has 0 saturated carbocycles. The molecule has 0 unspecified atom stereocenters. The molecule has 14 heteroatoms. The Labute approximate surface area is 208 Å². The van der Waals surface area contributed by atoms with E-state index in [-0.39, 0.29) is 52.9 Å². The van der Waals surface area contributed by atoms with E-state index >= 15 is 0 Å². The minimum Gasteiger partial charge on any atom is -0.465 e. The molecule has 3 amide bonds. The number of carbonyl (C=O) groups excluding carboxylic acids is 2. The van der Waals surface area contributed by atoms with E-state index in [4.69, 9.17) is 28.3 Å². The lowest BCUT2D eigenvalue weighted by Gasteiger charge is -2.37. The summed E-state index contributed by atoms with van der Waals surface area (Å²) in [6.45, 7) is 3.39. The number of aliphatic hydroxyl groups is 1. The maximum atomic E-state index is 12.9. The van der Waals surface area contributed by atoms with Crippen molar-refractivity contribution >= 4 is 51.1 Å². The van der Waals surface area contributed by atoms with Gasteiger partial charge in [0.25, 0.3) is 0 Å². The third kappa shape index (κ3) is 7.44. The molecule has 1 heterocycles. The van der Waals surface area contributed by atoms with Gasteiger partial charge >= 0.3 is 6.09 Å². The van der Waals surface area contributed by atoms with E-state index in [0.29, 0.717) is 6.42 Å². The molecule has 1 fully saturated rings. The molecule has 1 aliphatic rings. The summed E-state index contributed by atoms with van der Waals surface area (Å²) >= 11 is 11.8. The average molecular weight is 539 g/mol. The summed E-state index contributed by atoms with van der Waals surface area (Å²) < 4.78 is 27.5. The van der Waals surface area contributed by atoms with Crippen LogP contribution < -0.4 is 10.0 Å². The fourth-order valence-corrected chi connectivity index (χ4v) is 5.49. The largest absolute Gasteiger partial charge is 0.465 e. The maximum Gasteiger partial charge on any atom is 0.405 e. The highest BCUT2D eigenvalue weighted by Gasteiger charge is 2.34. The van der Waals surface area contributed by atoms with Crippen molar-refractivity contribution < 1.29 is 33.0 Å². The van der Waals surface area contributed by atoms with Gasteiger partial charge in [0.2, 0.25) is 21.8 Å². The van der Waals surface area contributed by atoms with Crippen LogP contribution in [0, 0.1) is 5.92 Å². The molecule has 0 aliphatic carbocycles. The van der Waals surface area contributed by atoms with E-state index < -0.39 is 40.7 Å². The number of rotatable bonds is 9. The van der Waals surface area contributed by atoms with Crippen molar-refractivity contribution in [2.75, 3.05) is 32.8 Å². The summed E-state index contributed by atoms with van der Waals surface area (Å²) in [5, 5.41) is 21.0. The van der Waals surface area contributed by atoms with Crippen molar-refractivity contribution in [3.63, 3.8) is 0 Å². The van der Waals surface area contributed by atoms with Gasteiger partial charge in [-0.2, -0.15) is 4.72 Å². The van der Waals surface area contributed by atoms with E-state index in [0.717, 1.165) is 0 Å². The van der Waals surface area contributed by atoms with Gasteiger partial charge in [0.15, 0.2) is 0 Å². The van der Waals surface area contributed by atoms with Crippen LogP contribution in [0.15, 0.2) is 23.1 Å². The zero-order valence-electron chi connectivity index (χ0n) is 18.7. The standard InChI is InChI=1S/C20H28Cl2N4O7S/c1-12(2)9-15(23-20(30)31)18(28)25-5-7-26(8-6-25)19(29)16(11-27)24-34(32,33)17-4-3-13(21)10-14(17)22/h3-4,10,12,15-16,23-24,27H,5-9,11H2,1-2H3,(H,30,31)/t15-,16-/m0/s1. The second-order valence-electron chi connectivity index (χ2n) is 8.21. The highest BCUT2D eigenvalue weighted by atomic mass is 35.5. The van der Waals surface area contributed by atoms with Crippen LogP contribution in [-0.2, 0) is 19.6 Å². The molecule has 0 aromatic heterocycles. The third-order valence-corrected chi connectivity index (χ3v) is 7.36. The van der Waals surface area contributed by atoms with Crippen molar-refractivity contribution in [1.82, 2.24) is 19.8 Å². The number of nitrogens with one attached hydrogen (secondary N) is 2. The summed E-state index contributed by atoms with van der Waals surface area (Å²) in [5.41, 5.74) is 0. The first-order chi connectivity index (χ1) is 15.9. The number of hydrogen-bond acceptors (Lipinski definition) is 6. The number of amides is 3. The van der Waals surface area contributed by atoms with Gasteiger partial charge < -0.3 is 25.3 Å². The molecule has 2 rings (SSSR count). The first-order valence-corrected chi connectivity index (χ1v) is 12.7. The Bertz CT molecular complexity index is 1010. The molecule has 2 atom stereocenters. The van der Waals surface area contributed by atoms with Crippen LogP contribution in [0.1, 0.15) is 20.3 Å². The first-order valence-electron chi connectivity index (χ1n) is 10.5. The Hall–Kier alpha value is -2.12. The summed E-state index contributed by atoms with van der Waals surface area (Å²) in [5.74, 6) is -0.971. The van der Waals surface area contributed by atoms with E-state index in [2.05, 4.69) is 10.0 Å². The Morgan fingerprint density at radius 2 is 1.56 bits per heavy atom. The Morgan fingerprint density at radius 3 is 2.00 bits per heavy atom. The van der Waals surface area contributed by atoms with Crippen molar-refractivity contribution in [1.29, 1.82) is 0 Å². The van der Waals surface area contributed by atoms with Gasteiger partial charge in [-0.25, -0.2) is 13.2 Å². The molecular weight excluding hydrogens is 511 g/mol. The molecular formula is C20H28Cl2N4O7S. The molecule has 1 aromatic rings. The molecule has 4 N–H and O–H groups in total. The second-order valence-corrected chi connectivity index (χ2v) is 10.7.